The first-order chi connectivity index (χ1) is 13.0. The molecule has 0 aliphatic rings. The molecule has 6 nitrogen and oxygen atoms in total. The lowest BCUT2D eigenvalue weighted by molar-refractivity contribution is -0.121. The quantitative estimate of drug-likeness (QED) is 0.684. The second-order valence-electron chi connectivity index (χ2n) is 6.17. The molecule has 1 unspecified atom stereocenters. The molecule has 1 aromatic heterocycles. The van der Waals surface area contributed by atoms with Gasteiger partial charge in [-0.2, -0.15) is 0 Å². The minimum atomic E-state index is -0.407. The summed E-state index contributed by atoms with van der Waals surface area (Å²) in [4.78, 5) is 29.4. The third kappa shape index (κ3) is 4.11. The molecular weight excluding hydrogens is 364 g/mol. The normalized spacial score (nSPS) is 12.0. The Morgan fingerprint density at radius 1 is 1.15 bits per heavy atom. The summed E-state index contributed by atoms with van der Waals surface area (Å²) in [5, 5.41) is 6.10. The van der Waals surface area contributed by atoms with Gasteiger partial charge in [-0.25, -0.2) is 4.98 Å². The highest BCUT2D eigenvalue weighted by molar-refractivity contribution is 6.33. The van der Waals surface area contributed by atoms with Crippen molar-refractivity contribution in [2.45, 2.75) is 26.4 Å². The van der Waals surface area contributed by atoms with Crippen LogP contribution in [0.4, 0.5) is 0 Å². The minimum absolute atomic E-state index is 0.105. The molecule has 2 N–H and O–H groups in total. The highest BCUT2D eigenvalue weighted by Gasteiger charge is 2.21. The van der Waals surface area contributed by atoms with E-state index in [0.717, 1.165) is 11.0 Å². The number of fused-ring (bicyclic) bond motifs is 1. The maximum atomic E-state index is 12.6. The van der Waals surface area contributed by atoms with E-state index < -0.39 is 6.04 Å². The Bertz CT molecular complexity index is 983. The van der Waals surface area contributed by atoms with Crippen molar-refractivity contribution in [2.24, 2.45) is 0 Å². The first-order valence-electron chi connectivity index (χ1n) is 8.78. The van der Waals surface area contributed by atoms with E-state index in [0.29, 0.717) is 23.0 Å². The first kappa shape index (κ1) is 18.9. The molecule has 0 saturated carbocycles. The van der Waals surface area contributed by atoms with Crippen LogP contribution in [-0.2, 0) is 11.3 Å². The van der Waals surface area contributed by atoms with Crippen LogP contribution < -0.4 is 10.6 Å². The van der Waals surface area contributed by atoms with Crippen molar-refractivity contribution in [1.82, 2.24) is 20.2 Å². The molecule has 0 saturated heterocycles. The number of hydrogen-bond acceptors (Lipinski definition) is 3. The van der Waals surface area contributed by atoms with Crippen molar-refractivity contribution >= 4 is 34.4 Å². The van der Waals surface area contributed by atoms with E-state index in [4.69, 9.17) is 11.6 Å². The lowest BCUT2D eigenvalue weighted by atomic mass is 10.2. The highest BCUT2D eigenvalue weighted by Crippen LogP contribution is 2.22. The van der Waals surface area contributed by atoms with Crippen LogP contribution in [0, 0.1) is 0 Å². The molecule has 3 aromatic rings. The zero-order valence-electron chi connectivity index (χ0n) is 15.2. The van der Waals surface area contributed by atoms with Crippen molar-refractivity contribution in [1.29, 1.82) is 0 Å². The Hall–Kier alpha value is -2.86. The second kappa shape index (κ2) is 8.22. The molecule has 1 atom stereocenters. The first-order valence-corrected chi connectivity index (χ1v) is 9.16. The van der Waals surface area contributed by atoms with Gasteiger partial charge in [0.1, 0.15) is 12.4 Å². The van der Waals surface area contributed by atoms with Gasteiger partial charge in [0.15, 0.2) is 0 Å². The highest BCUT2D eigenvalue weighted by atomic mass is 35.5. The van der Waals surface area contributed by atoms with Gasteiger partial charge in [-0.3, -0.25) is 9.59 Å². The molecule has 0 aliphatic heterocycles. The van der Waals surface area contributed by atoms with Gasteiger partial charge >= 0.3 is 0 Å². The van der Waals surface area contributed by atoms with Gasteiger partial charge in [0, 0.05) is 6.54 Å². The minimum Gasteiger partial charge on any atom is -0.355 e. The Balaban J connectivity index is 1.91. The maximum absolute atomic E-state index is 12.6. The molecule has 27 heavy (non-hydrogen) atoms. The summed E-state index contributed by atoms with van der Waals surface area (Å²) in [6.45, 7) is 4.40. The van der Waals surface area contributed by atoms with Crippen LogP contribution in [0.3, 0.4) is 0 Å². The standard InChI is InChI=1S/C20H21ClN4O2/c1-3-22-18(26)12-25-17-11-7-6-10-16(17)24-19(25)13(2)23-20(27)14-8-4-5-9-15(14)21/h4-11,13H,3,12H2,1-2H3,(H,22,26)(H,23,27). The van der Waals surface area contributed by atoms with E-state index in [-0.39, 0.29) is 18.4 Å². The van der Waals surface area contributed by atoms with E-state index in [1.54, 1.807) is 24.3 Å². The number of carbonyl (C=O) groups excluding carboxylic acids is 2. The lowest BCUT2D eigenvalue weighted by Crippen LogP contribution is -2.31. The SMILES string of the molecule is CCNC(=O)Cn1c(C(C)NC(=O)c2ccccc2Cl)nc2ccccc21. The summed E-state index contributed by atoms with van der Waals surface area (Å²) in [5.41, 5.74) is 2.02. The Morgan fingerprint density at radius 2 is 1.85 bits per heavy atom. The molecule has 0 fully saturated rings. The van der Waals surface area contributed by atoms with Crippen molar-refractivity contribution in [3.8, 4) is 0 Å². The average molecular weight is 385 g/mol. The van der Waals surface area contributed by atoms with Crippen molar-refractivity contribution in [3.05, 3.63) is 64.9 Å². The van der Waals surface area contributed by atoms with Crippen LogP contribution in [0.5, 0.6) is 0 Å². The summed E-state index contributed by atoms with van der Waals surface area (Å²) >= 11 is 6.11. The largest absolute Gasteiger partial charge is 0.355 e. The Labute approximate surface area is 162 Å². The molecule has 2 amide bonds. The number of halogens is 1. The number of likely N-dealkylation sites (N-methyl/N-ethyl adjacent to an activating group) is 1. The smallest absolute Gasteiger partial charge is 0.253 e. The zero-order valence-corrected chi connectivity index (χ0v) is 16.0. The number of rotatable bonds is 6. The fraction of sp³-hybridized carbons (Fsp3) is 0.250. The predicted molar refractivity (Wildman–Crippen MR) is 106 cm³/mol. The van der Waals surface area contributed by atoms with Crippen LogP contribution in [0.25, 0.3) is 11.0 Å². The zero-order chi connectivity index (χ0) is 19.4. The van der Waals surface area contributed by atoms with Gasteiger partial charge in [-0.15, -0.1) is 0 Å². The maximum Gasteiger partial charge on any atom is 0.253 e. The molecule has 140 valence electrons. The summed E-state index contributed by atoms with van der Waals surface area (Å²) in [6, 6.07) is 14.1. The number of amides is 2. The molecule has 7 heteroatoms. The van der Waals surface area contributed by atoms with E-state index in [9.17, 15) is 9.59 Å². The third-order valence-electron chi connectivity index (χ3n) is 4.21. The van der Waals surface area contributed by atoms with Gasteiger partial charge < -0.3 is 15.2 Å². The fourth-order valence-electron chi connectivity index (χ4n) is 2.97. The van der Waals surface area contributed by atoms with Gasteiger partial charge in [-0.05, 0) is 38.1 Å². The van der Waals surface area contributed by atoms with E-state index in [1.165, 1.54) is 0 Å². The van der Waals surface area contributed by atoms with Crippen molar-refractivity contribution < 1.29 is 9.59 Å². The van der Waals surface area contributed by atoms with Crippen LogP contribution in [0.1, 0.15) is 36.1 Å². The van der Waals surface area contributed by atoms with Gasteiger partial charge in [-0.1, -0.05) is 35.9 Å². The lowest BCUT2D eigenvalue weighted by Gasteiger charge is -2.16. The number of carbonyl (C=O) groups is 2. The molecule has 1 heterocycles. The number of aromatic nitrogens is 2. The van der Waals surface area contributed by atoms with E-state index in [1.807, 2.05) is 42.7 Å². The molecule has 3 rings (SSSR count). The summed E-state index contributed by atoms with van der Waals surface area (Å²) in [6.07, 6.45) is 0. The van der Waals surface area contributed by atoms with Crippen molar-refractivity contribution in [2.75, 3.05) is 6.54 Å². The predicted octanol–water partition coefficient (Wildman–Crippen LogP) is 3.32. The number of para-hydroxylation sites is 2. The molecule has 0 bridgehead atoms. The van der Waals surface area contributed by atoms with Crippen LogP contribution in [0.2, 0.25) is 5.02 Å². The topological polar surface area (TPSA) is 76.0 Å². The van der Waals surface area contributed by atoms with Gasteiger partial charge in [0.2, 0.25) is 5.91 Å². The summed E-state index contributed by atoms with van der Waals surface area (Å²) < 4.78 is 1.83. The summed E-state index contributed by atoms with van der Waals surface area (Å²) in [7, 11) is 0. The summed E-state index contributed by atoms with van der Waals surface area (Å²) in [5.74, 6) is 0.221. The van der Waals surface area contributed by atoms with E-state index >= 15 is 0 Å². The van der Waals surface area contributed by atoms with Crippen LogP contribution in [0.15, 0.2) is 48.5 Å². The Kier molecular flexibility index (Phi) is 5.76. The number of hydrogen-bond donors (Lipinski definition) is 2. The van der Waals surface area contributed by atoms with E-state index in [2.05, 4.69) is 15.6 Å². The van der Waals surface area contributed by atoms with Gasteiger partial charge in [0.05, 0.1) is 27.7 Å². The van der Waals surface area contributed by atoms with Crippen LogP contribution in [-0.4, -0.2) is 27.9 Å². The molecular formula is C20H21ClN4O2. The van der Waals surface area contributed by atoms with Gasteiger partial charge in [0.25, 0.3) is 5.91 Å². The van der Waals surface area contributed by atoms with Crippen LogP contribution >= 0.6 is 11.6 Å². The third-order valence-corrected chi connectivity index (χ3v) is 4.54. The number of imidazole rings is 1. The monoisotopic (exact) mass is 384 g/mol. The Morgan fingerprint density at radius 3 is 2.59 bits per heavy atom. The molecule has 2 aromatic carbocycles. The fourth-order valence-corrected chi connectivity index (χ4v) is 3.19. The molecule has 0 radical (unpaired) electrons. The average Bonchev–Trinajstić information content (AvgIpc) is 3.01. The molecule has 0 spiro atoms. The van der Waals surface area contributed by atoms with Crippen molar-refractivity contribution in [3.63, 3.8) is 0 Å². The second-order valence-corrected chi connectivity index (χ2v) is 6.58. The number of nitrogens with one attached hydrogen (secondary N) is 2. The molecule has 0 aliphatic carbocycles. The number of benzene rings is 2. The number of nitrogens with zero attached hydrogens (tertiary/aromatic N) is 2.